The lowest BCUT2D eigenvalue weighted by molar-refractivity contribution is -0.120. The summed E-state index contributed by atoms with van der Waals surface area (Å²) < 4.78 is 26.2. The third-order valence-electron chi connectivity index (χ3n) is 2.36. The quantitative estimate of drug-likeness (QED) is 0.709. The number of carbonyl (C=O) groups is 2. The first-order chi connectivity index (χ1) is 9.70. The monoisotopic (exact) mass is 313 g/mol. The summed E-state index contributed by atoms with van der Waals surface area (Å²) in [5.41, 5.74) is 0.499. The first kappa shape index (κ1) is 17.1. The van der Waals surface area contributed by atoms with E-state index in [1.807, 2.05) is 0 Å². The maximum atomic E-state index is 12.0. The number of rotatable bonds is 6. The lowest BCUT2D eigenvalue weighted by Crippen LogP contribution is -2.39. The SMILES string of the molecule is CC(=O)Nc1ccc(S(=O)(=O)NCC(=O)NC(C)C)cc1. The van der Waals surface area contributed by atoms with E-state index in [2.05, 4.69) is 15.4 Å². The molecule has 0 atom stereocenters. The third-order valence-corrected chi connectivity index (χ3v) is 3.77. The molecule has 0 aliphatic heterocycles. The average Bonchev–Trinajstić information content (AvgIpc) is 2.36. The fraction of sp³-hybridized carbons (Fsp3) is 0.385. The van der Waals surface area contributed by atoms with E-state index in [1.54, 1.807) is 13.8 Å². The molecule has 0 fully saturated rings. The van der Waals surface area contributed by atoms with Gasteiger partial charge in [0.1, 0.15) is 0 Å². The van der Waals surface area contributed by atoms with Crippen LogP contribution in [-0.2, 0) is 19.6 Å². The number of nitrogens with one attached hydrogen (secondary N) is 3. The van der Waals surface area contributed by atoms with Gasteiger partial charge in [-0.2, -0.15) is 0 Å². The lowest BCUT2D eigenvalue weighted by atomic mass is 10.3. The number of carbonyl (C=O) groups excluding carboxylic acids is 2. The van der Waals surface area contributed by atoms with Crippen LogP contribution in [0.25, 0.3) is 0 Å². The summed E-state index contributed by atoms with van der Waals surface area (Å²) in [5.74, 6) is -0.641. The normalized spacial score (nSPS) is 11.2. The molecule has 0 saturated heterocycles. The number of hydrogen-bond acceptors (Lipinski definition) is 4. The average molecular weight is 313 g/mol. The highest BCUT2D eigenvalue weighted by molar-refractivity contribution is 7.89. The number of anilines is 1. The van der Waals surface area contributed by atoms with Gasteiger partial charge in [-0.25, -0.2) is 13.1 Å². The molecule has 0 saturated carbocycles. The molecule has 7 nitrogen and oxygen atoms in total. The molecule has 1 rings (SSSR count). The highest BCUT2D eigenvalue weighted by Crippen LogP contribution is 2.13. The maximum Gasteiger partial charge on any atom is 0.241 e. The van der Waals surface area contributed by atoms with Crippen molar-refractivity contribution in [3.63, 3.8) is 0 Å². The van der Waals surface area contributed by atoms with Crippen molar-refractivity contribution in [2.75, 3.05) is 11.9 Å². The van der Waals surface area contributed by atoms with Gasteiger partial charge in [-0.3, -0.25) is 9.59 Å². The molecule has 3 N–H and O–H groups in total. The van der Waals surface area contributed by atoms with E-state index in [9.17, 15) is 18.0 Å². The van der Waals surface area contributed by atoms with Gasteiger partial charge in [0.15, 0.2) is 0 Å². The van der Waals surface area contributed by atoms with E-state index < -0.39 is 15.9 Å². The summed E-state index contributed by atoms with van der Waals surface area (Å²) in [5, 5.41) is 5.12. The van der Waals surface area contributed by atoms with E-state index in [4.69, 9.17) is 0 Å². The van der Waals surface area contributed by atoms with Crippen LogP contribution in [0.15, 0.2) is 29.2 Å². The minimum Gasteiger partial charge on any atom is -0.353 e. The molecule has 0 unspecified atom stereocenters. The zero-order valence-electron chi connectivity index (χ0n) is 12.1. The minimum absolute atomic E-state index is 0.0222. The smallest absolute Gasteiger partial charge is 0.241 e. The van der Waals surface area contributed by atoms with Gasteiger partial charge in [0.2, 0.25) is 21.8 Å². The van der Waals surface area contributed by atoms with Crippen molar-refractivity contribution >= 4 is 27.5 Å². The van der Waals surface area contributed by atoms with Gasteiger partial charge in [0.05, 0.1) is 11.4 Å². The van der Waals surface area contributed by atoms with Crippen LogP contribution in [0.1, 0.15) is 20.8 Å². The fourth-order valence-electron chi connectivity index (χ4n) is 1.54. The Hall–Kier alpha value is -1.93. The Morgan fingerprint density at radius 1 is 1.14 bits per heavy atom. The van der Waals surface area contributed by atoms with Gasteiger partial charge in [-0.15, -0.1) is 0 Å². The summed E-state index contributed by atoms with van der Waals surface area (Å²) in [6.07, 6.45) is 0. The number of benzene rings is 1. The summed E-state index contributed by atoms with van der Waals surface area (Å²) >= 11 is 0. The second-order valence-electron chi connectivity index (χ2n) is 4.75. The Labute approximate surface area is 124 Å². The molecule has 21 heavy (non-hydrogen) atoms. The van der Waals surface area contributed by atoms with Crippen molar-refractivity contribution < 1.29 is 18.0 Å². The predicted octanol–water partition coefficient (Wildman–Crippen LogP) is 0.448. The summed E-state index contributed by atoms with van der Waals surface area (Å²) in [6.45, 7) is 4.60. The van der Waals surface area contributed by atoms with Crippen LogP contribution >= 0.6 is 0 Å². The summed E-state index contributed by atoms with van der Waals surface area (Å²) in [6, 6.07) is 5.61. The molecule has 1 aromatic rings. The summed E-state index contributed by atoms with van der Waals surface area (Å²) in [7, 11) is -3.76. The number of amides is 2. The molecule has 1 aromatic carbocycles. The Bertz CT molecular complexity index is 609. The van der Waals surface area contributed by atoms with E-state index in [1.165, 1.54) is 31.2 Å². The van der Waals surface area contributed by atoms with E-state index in [0.29, 0.717) is 5.69 Å². The van der Waals surface area contributed by atoms with Crippen LogP contribution in [0, 0.1) is 0 Å². The van der Waals surface area contributed by atoms with Crippen LogP contribution in [0.2, 0.25) is 0 Å². The highest BCUT2D eigenvalue weighted by Gasteiger charge is 2.15. The van der Waals surface area contributed by atoms with Gasteiger partial charge < -0.3 is 10.6 Å². The molecule has 0 bridgehead atoms. The minimum atomic E-state index is -3.76. The van der Waals surface area contributed by atoms with Gasteiger partial charge in [0.25, 0.3) is 0 Å². The van der Waals surface area contributed by atoms with Crippen LogP contribution < -0.4 is 15.4 Å². The second-order valence-corrected chi connectivity index (χ2v) is 6.52. The summed E-state index contributed by atoms with van der Waals surface area (Å²) in [4.78, 5) is 22.3. The van der Waals surface area contributed by atoms with Gasteiger partial charge in [0, 0.05) is 18.7 Å². The second kappa shape index (κ2) is 7.19. The van der Waals surface area contributed by atoms with Gasteiger partial charge in [-0.05, 0) is 38.1 Å². The topological polar surface area (TPSA) is 104 Å². The standard InChI is InChI=1S/C13H19N3O4S/c1-9(2)15-13(18)8-14-21(19,20)12-6-4-11(5-7-12)16-10(3)17/h4-7,9,14H,8H2,1-3H3,(H,15,18)(H,16,17). The molecular formula is C13H19N3O4S. The Morgan fingerprint density at radius 2 is 1.71 bits per heavy atom. The van der Waals surface area contributed by atoms with Crippen LogP contribution in [0.5, 0.6) is 0 Å². The maximum absolute atomic E-state index is 12.0. The largest absolute Gasteiger partial charge is 0.353 e. The van der Waals surface area contributed by atoms with Crippen molar-refractivity contribution in [2.45, 2.75) is 31.7 Å². The number of hydrogen-bond donors (Lipinski definition) is 3. The van der Waals surface area contributed by atoms with Gasteiger partial charge in [-0.1, -0.05) is 0 Å². The molecule has 2 amide bonds. The number of sulfonamides is 1. The van der Waals surface area contributed by atoms with Crippen molar-refractivity contribution in [2.24, 2.45) is 0 Å². The lowest BCUT2D eigenvalue weighted by Gasteiger charge is -2.10. The van der Waals surface area contributed by atoms with Gasteiger partial charge >= 0.3 is 0 Å². The molecule has 0 heterocycles. The first-order valence-corrected chi connectivity index (χ1v) is 7.85. The van der Waals surface area contributed by atoms with E-state index in [0.717, 1.165) is 0 Å². The third kappa shape index (κ3) is 5.92. The molecule has 8 heteroatoms. The van der Waals surface area contributed by atoms with Crippen molar-refractivity contribution in [3.05, 3.63) is 24.3 Å². The molecule has 0 radical (unpaired) electrons. The zero-order chi connectivity index (χ0) is 16.0. The van der Waals surface area contributed by atoms with Crippen molar-refractivity contribution in [1.82, 2.24) is 10.0 Å². The van der Waals surface area contributed by atoms with Crippen molar-refractivity contribution in [3.8, 4) is 0 Å². The molecule has 0 spiro atoms. The van der Waals surface area contributed by atoms with Crippen molar-refractivity contribution in [1.29, 1.82) is 0 Å². The van der Waals surface area contributed by atoms with Crippen LogP contribution in [0.3, 0.4) is 0 Å². The molecule has 0 aliphatic rings. The Kier molecular flexibility index (Phi) is 5.86. The molecule has 0 aliphatic carbocycles. The fourth-order valence-corrected chi connectivity index (χ4v) is 2.52. The molecular weight excluding hydrogens is 294 g/mol. The molecule has 116 valence electrons. The van der Waals surface area contributed by atoms with Crippen LogP contribution in [-0.4, -0.2) is 32.8 Å². The van der Waals surface area contributed by atoms with E-state index >= 15 is 0 Å². The van der Waals surface area contributed by atoms with E-state index in [-0.39, 0.29) is 23.4 Å². The first-order valence-electron chi connectivity index (χ1n) is 6.37. The zero-order valence-corrected chi connectivity index (χ0v) is 13.0. The highest BCUT2D eigenvalue weighted by atomic mass is 32.2. The molecule has 0 aromatic heterocycles. The Balaban J connectivity index is 2.70. The predicted molar refractivity (Wildman–Crippen MR) is 79.2 cm³/mol. The Morgan fingerprint density at radius 3 is 2.19 bits per heavy atom. The van der Waals surface area contributed by atoms with Crippen LogP contribution in [0.4, 0.5) is 5.69 Å².